The highest BCUT2D eigenvalue weighted by molar-refractivity contribution is 7.13. The van der Waals surface area contributed by atoms with E-state index in [2.05, 4.69) is 10.3 Å². The number of nitrogens with zero attached hydrogens (tertiary/aromatic N) is 2. The molecule has 4 rings (SSSR count). The standard InChI is InChI=1S/C16H15N3O4S/c1-9-14(20)17-4-5-19(9)16(21)11-7-24-15(18-11)10-2-3-12-13(6-10)23-8-22-12/h2-3,6-7,9H,4-5,8H2,1H3,(H,17,20). The zero-order valence-corrected chi connectivity index (χ0v) is 13.8. The molecule has 1 atom stereocenters. The lowest BCUT2D eigenvalue weighted by atomic mass is 10.2. The first-order valence-electron chi connectivity index (χ1n) is 7.58. The highest BCUT2D eigenvalue weighted by Crippen LogP contribution is 2.36. The van der Waals surface area contributed by atoms with Crippen LogP contribution in [0.15, 0.2) is 23.6 Å². The lowest BCUT2D eigenvalue weighted by Gasteiger charge is -2.32. The van der Waals surface area contributed by atoms with Crippen LogP contribution in [0, 0.1) is 0 Å². The number of piperazine rings is 1. The van der Waals surface area contributed by atoms with E-state index >= 15 is 0 Å². The van der Waals surface area contributed by atoms with E-state index in [1.807, 2.05) is 18.2 Å². The minimum Gasteiger partial charge on any atom is -0.454 e. The van der Waals surface area contributed by atoms with E-state index in [0.717, 1.165) is 10.6 Å². The zero-order valence-electron chi connectivity index (χ0n) is 12.9. The summed E-state index contributed by atoms with van der Waals surface area (Å²) in [7, 11) is 0. The summed E-state index contributed by atoms with van der Waals surface area (Å²) in [6, 6.07) is 5.09. The summed E-state index contributed by atoms with van der Waals surface area (Å²) >= 11 is 1.39. The Kier molecular flexibility index (Phi) is 3.61. The average Bonchev–Trinajstić information content (AvgIpc) is 3.25. The van der Waals surface area contributed by atoms with Gasteiger partial charge >= 0.3 is 0 Å². The van der Waals surface area contributed by atoms with Crippen molar-refractivity contribution in [3.05, 3.63) is 29.3 Å². The Hall–Kier alpha value is -2.61. The van der Waals surface area contributed by atoms with Crippen molar-refractivity contribution in [2.45, 2.75) is 13.0 Å². The summed E-state index contributed by atoms with van der Waals surface area (Å²) in [6.07, 6.45) is 0. The van der Waals surface area contributed by atoms with Crippen molar-refractivity contribution in [3.8, 4) is 22.1 Å². The number of aromatic nitrogens is 1. The van der Waals surface area contributed by atoms with Gasteiger partial charge in [-0.1, -0.05) is 0 Å². The quantitative estimate of drug-likeness (QED) is 0.892. The van der Waals surface area contributed by atoms with Gasteiger partial charge in [0.25, 0.3) is 5.91 Å². The summed E-state index contributed by atoms with van der Waals surface area (Å²) in [4.78, 5) is 30.4. The Morgan fingerprint density at radius 1 is 1.38 bits per heavy atom. The number of ether oxygens (including phenoxy) is 2. The fraction of sp³-hybridized carbons (Fsp3) is 0.312. The number of amides is 2. The van der Waals surface area contributed by atoms with Gasteiger partial charge in [-0.3, -0.25) is 9.59 Å². The predicted octanol–water partition coefficient (Wildman–Crippen LogP) is 1.50. The molecular formula is C16H15N3O4S. The first-order chi connectivity index (χ1) is 11.6. The lowest BCUT2D eigenvalue weighted by Crippen LogP contribution is -2.55. The number of rotatable bonds is 2. The Bertz CT molecular complexity index is 819. The van der Waals surface area contributed by atoms with E-state index in [9.17, 15) is 9.59 Å². The van der Waals surface area contributed by atoms with Gasteiger partial charge in [0.2, 0.25) is 12.7 Å². The molecule has 3 heterocycles. The molecule has 124 valence electrons. The molecular weight excluding hydrogens is 330 g/mol. The molecule has 2 aromatic rings. The predicted molar refractivity (Wildman–Crippen MR) is 87.2 cm³/mol. The van der Waals surface area contributed by atoms with E-state index in [1.54, 1.807) is 17.2 Å². The third-order valence-electron chi connectivity index (χ3n) is 4.10. The van der Waals surface area contributed by atoms with Crippen molar-refractivity contribution in [2.75, 3.05) is 19.9 Å². The Balaban J connectivity index is 1.58. The van der Waals surface area contributed by atoms with E-state index in [4.69, 9.17) is 9.47 Å². The summed E-state index contributed by atoms with van der Waals surface area (Å²) in [6.45, 7) is 2.89. The van der Waals surface area contributed by atoms with Gasteiger partial charge in [-0.05, 0) is 25.1 Å². The van der Waals surface area contributed by atoms with Crippen LogP contribution in [0.25, 0.3) is 10.6 Å². The second-order valence-corrected chi connectivity index (χ2v) is 6.43. The molecule has 1 fully saturated rings. The van der Waals surface area contributed by atoms with Crippen LogP contribution in [0.2, 0.25) is 0 Å². The Morgan fingerprint density at radius 3 is 3.08 bits per heavy atom. The monoisotopic (exact) mass is 345 g/mol. The number of thiazole rings is 1. The summed E-state index contributed by atoms with van der Waals surface area (Å²) in [5.74, 6) is 1.03. The Morgan fingerprint density at radius 2 is 2.21 bits per heavy atom. The molecule has 0 radical (unpaired) electrons. The van der Waals surface area contributed by atoms with E-state index < -0.39 is 6.04 Å². The first-order valence-corrected chi connectivity index (χ1v) is 8.45. The molecule has 24 heavy (non-hydrogen) atoms. The van der Waals surface area contributed by atoms with Gasteiger partial charge in [-0.2, -0.15) is 0 Å². The van der Waals surface area contributed by atoms with Crippen LogP contribution in [-0.2, 0) is 4.79 Å². The van der Waals surface area contributed by atoms with E-state index in [0.29, 0.717) is 30.3 Å². The summed E-state index contributed by atoms with van der Waals surface area (Å²) in [5, 5.41) is 5.20. The maximum Gasteiger partial charge on any atom is 0.274 e. The molecule has 2 aliphatic rings. The number of carbonyl (C=O) groups is 2. The van der Waals surface area contributed by atoms with Crippen LogP contribution in [0.5, 0.6) is 11.5 Å². The smallest absolute Gasteiger partial charge is 0.274 e. The molecule has 7 nitrogen and oxygen atoms in total. The molecule has 1 N–H and O–H groups in total. The molecule has 1 saturated heterocycles. The fourth-order valence-electron chi connectivity index (χ4n) is 2.74. The normalized spacial score (nSPS) is 19.3. The first kappa shape index (κ1) is 14.9. The molecule has 0 bridgehead atoms. The van der Waals surface area contributed by atoms with Gasteiger partial charge < -0.3 is 19.7 Å². The largest absolute Gasteiger partial charge is 0.454 e. The van der Waals surface area contributed by atoms with Crippen molar-refractivity contribution in [1.82, 2.24) is 15.2 Å². The second kappa shape index (κ2) is 5.79. The minimum absolute atomic E-state index is 0.138. The van der Waals surface area contributed by atoms with Crippen molar-refractivity contribution < 1.29 is 19.1 Å². The van der Waals surface area contributed by atoms with E-state index in [-0.39, 0.29) is 18.6 Å². The minimum atomic E-state index is -0.484. The number of carbonyl (C=O) groups excluding carboxylic acids is 2. The molecule has 0 spiro atoms. The molecule has 1 aromatic carbocycles. The van der Waals surface area contributed by atoms with Crippen LogP contribution in [-0.4, -0.2) is 47.6 Å². The van der Waals surface area contributed by atoms with Gasteiger partial charge in [-0.15, -0.1) is 11.3 Å². The molecule has 1 aromatic heterocycles. The SMILES string of the molecule is CC1C(=O)NCCN1C(=O)c1csc(-c2ccc3c(c2)OCO3)n1. The number of benzene rings is 1. The second-order valence-electron chi connectivity index (χ2n) is 5.57. The molecule has 1 unspecified atom stereocenters. The fourth-order valence-corrected chi connectivity index (χ4v) is 3.53. The molecule has 8 heteroatoms. The topological polar surface area (TPSA) is 80.8 Å². The maximum atomic E-state index is 12.6. The molecule has 0 saturated carbocycles. The van der Waals surface area contributed by atoms with Crippen molar-refractivity contribution >= 4 is 23.2 Å². The highest BCUT2D eigenvalue weighted by atomic mass is 32.1. The van der Waals surface area contributed by atoms with Crippen LogP contribution in [0.3, 0.4) is 0 Å². The van der Waals surface area contributed by atoms with Gasteiger partial charge in [0, 0.05) is 24.0 Å². The summed E-state index contributed by atoms with van der Waals surface area (Å²) in [5.41, 5.74) is 1.22. The number of hydrogen-bond donors (Lipinski definition) is 1. The van der Waals surface area contributed by atoms with Gasteiger partial charge in [0.1, 0.15) is 16.7 Å². The number of hydrogen-bond acceptors (Lipinski definition) is 6. The van der Waals surface area contributed by atoms with Crippen LogP contribution in [0.4, 0.5) is 0 Å². The van der Waals surface area contributed by atoms with Crippen LogP contribution < -0.4 is 14.8 Å². The van der Waals surface area contributed by atoms with Gasteiger partial charge in [0.15, 0.2) is 11.5 Å². The zero-order chi connectivity index (χ0) is 16.7. The van der Waals surface area contributed by atoms with E-state index in [1.165, 1.54) is 11.3 Å². The van der Waals surface area contributed by atoms with Crippen LogP contribution >= 0.6 is 11.3 Å². The van der Waals surface area contributed by atoms with Crippen molar-refractivity contribution in [3.63, 3.8) is 0 Å². The van der Waals surface area contributed by atoms with Gasteiger partial charge in [-0.25, -0.2) is 4.98 Å². The number of nitrogens with one attached hydrogen (secondary N) is 1. The molecule has 2 amide bonds. The maximum absolute atomic E-state index is 12.6. The molecule has 0 aliphatic carbocycles. The molecule has 2 aliphatic heterocycles. The third kappa shape index (κ3) is 2.48. The summed E-state index contributed by atoms with van der Waals surface area (Å²) < 4.78 is 10.7. The lowest BCUT2D eigenvalue weighted by molar-refractivity contribution is -0.127. The third-order valence-corrected chi connectivity index (χ3v) is 4.99. The van der Waals surface area contributed by atoms with Crippen LogP contribution in [0.1, 0.15) is 17.4 Å². The van der Waals surface area contributed by atoms with Crippen molar-refractivity contribution in [1.29, 1.82) is 0 Å². The number of fused-ring (bicyclic) bond motifs is 1. The van der Waals surface area contributed by atoms with Gasteiger partial charge in [0.05, 0.1) is 0 Å². The van der Waals surface area contributed by atoms with Crippen molar-refractivity contribution in [2.24, 2.45) is 0 Å². The highest BCUT2D eigenvalue weighted by Gasteiger charge is 2.31. The average molecular weight is 345 g/mol. The Labute approximate surface area is 142 Å².